The highest BCUT2D eigenvalue weighted by atomic mass is 32.2. The largest absolute Gasteiger partial charge is 0.497 e. The van der Waals surface area contributed by atoms with Gasteiger partial charge in [0.25, 0.3) is 0 Å². The van der Waals surface area contributed by atoms with Crippen molar-refractivity contribution in [1.29, 1.82) is 0 Å². The molecule has 2 N–H and O–H groups in total. The Balaban J connectivity index is 1.53. The van der Waals surface area contributed by atoms with E-state index in [0.717, 1.165) is 5.69 Å². The molecule has 2 aromatic rings. The number of likely N-dealkylation sites (tertiary alicyclic amines) is 1. The Morgan fingerprint density at radius 1 is 1.04 bits per heavy atom. The van der Waals surface area contributed by atoms with Crippen molar-refractivity contribution in [3.8, 4) is 5.75 Å². The molecular formula is C19H23N3O4S. The Kier molecular flexibility index (Phi) is 5.98. The molecule has 27 heavy (non-hydrogen) atoms. The van der Waals surface area contributed by atoms with Crippen molar-refractivity contribution in [1.82, 2.24) is 9.62 Å². The molecule has 0 aliphatic carbocycles. The Labute approximate surface area is 159 Å². The number of carbonyl (C=O) groups is 1. The van der Waals surface area contributed by atoms with Crippen LogP contribution in [0.1, 0.15) is 12.8 Å². The van der Waals surface area contributed by atoms with Gasteiger partial charge in [-0.05, 0) is 49.2 Å². The highest BCUT2D eigenvalue weighted by Crippen LogP contribution is 2.18. The summed E-state index contributed by atoms with van der Waals surface area (Å²) in [6.45, 7) is 0.989. The second-order valence-corrected chi connectivity index (χ2v) is 8.07. The highest BCUT2D eigenvalue weighted by molar-refractivity contribution is 7.89. The number of hydrogen-bond donors (Lipinski definition) is 2. The summed E-state index contributed by atoms with van der Waals surface area (Å²) in [7, 11) is -2.06. The molecule has 0 radical (unpaired) electrons. The first-order chi connectivity index (χ1) is 13.0. The summed E-state index contributed by atoms with van der Waals surface area (Å²) in [6.07, 6.45) is 1.13. The van der Waals surface area contributed by atoms with Crippen LogP contribution in [0.15, 0.2) is 59.5 Å². The topological polar surface area (TPSA) is 87.7 Å². The summed E-state index contributed by atoms with van der Waals surface area (Å²) in [6, 6.07) is 15.2. The maximum atomic E-state index is 12.5. The summed E-state index contributed by atoms with van der Waals surface area (Å²) in [5.41, 5.74) is 0.741. The van der Waals surface area contributed by atoms with Crippen LogP contribution in [0.25, 0.3) is 0 Å². The fourth-order valence-corrected chi connectivity index (χ4v) is 4.27. The van der Waals surface area contributed by atoms with Crippen molar-refractivity contribution in [2.75, 3.05) is 25.5 Å². The van der Waals surface area contributed by atoms with E-state index in [9.17, 15) is 13.2 Å². The third kappa shape index (κ3) is 4.99. The summed E-state index contributed by atoms with van der Waals surface area (Å²) in [5, 5.41) is 2.85. The van der Waals surface area contributed by atoms with Crippen LogP contribution >= 0.6 is 0 Å². The normalized spacial score (nSPS) is 15.4. The third-order valence-electron chi connectivity index (χ3n) is 4.50. The molecule has 0 aromatic heterocycles. The number of amides is 2. The van der Waals surface area contributed by atoms with Crippen LogP contribution in [0, 0.1) is 0 Å². The molecule has 2 amide bonds. The Hall–Kier alpha value is -2.58. The number of sulfonamides is 1. The van der Waals surface area contributed by atoms with Crippen molar-refractivity contribution in [2.45, 2.75) is 23.8 Å². The third-order valence-corrected chi connectivity index (χ3v) is 6.04. The lowest BCUT2D eigenvalue weighted by Crippen LogP contribution is -2.47. The predicted molar refractivity (Wildman–Crippen MR) is 103 cm³/mol. The van der Waals surface area contributed by atoms with E-state index in [1.54, 1.807) is 17.0 Å². The van der Waals surface area contributed by atoms with Crippen molar-refractivity contribution in [3.63, 3.8) is 0 Å². The molecule has 7 nitrogen and oxygen atoms in total. The number of nitrogens with zero attached hydrogens (tertiary/aromatic N) is 1. The second-order valence-electron chi connectivity index (χ2n) is 6.35. The van der Waals surface area contributed by atoms with Crippen LogP contribution in [0.4, 0.5) is 10.5 Å². The molecule has 0 atom stereocenters. The number of anilines is 1. The zero-order chi connectivity index (χ0) is 19.3. The first-order valence-corrected chi connectivity index (χ1v) is 10.2. The number of methoxy groups -OCH3 is 1. The number of urea groups is 1. The van der Waals surface area contributed by atoms with E-state index in [4.69, 9.17) is 4.74 Å². The summed E-state index contributed by atoms with van der Waals surface area (Å²) < 4.78 is 32.8. The van der Waals surface area contributed by atoms with Crippen LogP contribution < -0.4 is 14.8 Å². The van der Waals surface area contributed by atoms with E-state index in [2.05, 4.69) is 10.0 Å². The smallest absolute Gasteiger partial charge is 0.321 e. The van der Waals surface area contributed by atoms with Gasteiger partial charge in [0.1, 0.15) is 5.75 Å². The fraction of sp³-hybridized carbons (Fsp3) is 0.316. The van der Waals surface area contributed by atoms with E-state index < -0.39 is 10.0 Å². The van der Waals surface area contributed by atoms with E-state index in [1.807, 2.05) is 30.3 Å². The number of para-hydroxylation sites is 1. The average molecular weight is 389 g/mol. The van der Waals surface area contributed by atoms with Crippen molar-refractivity contribution >= 4 is 21.7 Å². The predicted octanol–water partition coefficient (Wildman–Crippen LogP) is 2.67. The van der Waals surface area contributed by atoms with Crippen LogP contribution in [0.2, 0.25) is 0 Å². The first kappa shape index (κ1) is 19.2. The molecule has 2 aromatic carbocycles. The van der Waals surface area contributed by atoms with E-state index in [1.165, 1.54) is 19.2 Å². The molecule has 0 spiro atoms. The summed E-state index contributed by atoms with van der Waals surface area (Å²) >= 11 is 0. The first-order valence-electron chi connectivity index (χ1n) is 8.75. The lowest BCUT2D eigenvalue weighted by Gasteiger charge is -2.32. The Morgan fingerprint density at radius 2 is 1.67 bits per heavy atom. The van der Waals surface area contributed by atoms with E-state index in [0.29, 0.717) is 31.7 Å². The number of piperidine rings is 1. The van der Waals surface area contributed by atoms with E-state index >= 15 is 0 Å². The lowest BCUT2D eigenvalue weighted by atomic mass is 10.1. The number of benzene rings is 2. The molecule has 0 unspecified atom stereocenters. The molecule has 1 aliphatic heterocycles. The number of ether oxygens (including phenoxy) is 1. The second kappa shape index (κ2) is 8.41. The van der Waals surface area contributed by atoms with Gasteiger partial charge in [-0.3, -0.25) is 0 Å². The minimum Gasteiger partial charge on any atom is -0.497 e. The summed E-state index contributed by atoms with van der Waals surface area (Å²) in [5.74, 6) is 0.603. The number of rotatable bonds is 5. The minimum atomic E-state index is -3.60. The Morgan fingerprint density at radius 3 is 2.26 bits per heavy atom. The van der Waals surface area contributed by atoms with Crippen molar-refractivity contribution in [3.05, 3.63) is 54.6 Å². The van der Waals surface area contributed by atoms with Gasteiger partial charge < -0.3 is 15.0 Å². The molecule has 1 saturated heterocycles. The van der Waals surface area contributed by atoms with Crippen LogP contribution in [-0.2, 0) is 10.0 Å². The molecule has 0 saturated carbocycles. The monoisotopic (exact) mass is 389 g/mol. The number of nitrogens with one attached hydrogen (secondary N) is 2. The van der Waals surface area contributed by atoms with Gasteiger partial charge in [-0.15, -0.1) is 0 Å². The van der Waals surface area contributed by atoms with Gasteiger partial charge >= 0.3 is 6.03 Å². The fourth-order valence-electron chi connectivity index (χ4n) is 2.97. The molecule has 0 bridgehead atoms. The van der Waals surface area contributed by atoms with Crippen molar-refractivity contribution in [2.24, 2.45) is 0 Å². The molecule has 1 fully saturated rings. The molecule has 144 valence electrons. The average Bonchev–Trinajstić information content (AvgIpc) is 2.69. The SMILES string of the molecule is COc1ccc(S(=O)(=O)NC2CCN(C(=O)Nc3ccccc3)CC2)cc1. The van der Waals surface area contributed by atoms with Gasteiger partial charge in [-0.1, -0.05) is 18.2 Å². The maximum Gasteiger partial charge on any atom is 0.321 e. The lowest BCUT2D eigenvalue weighted by molar-refractivity contribution is 0.193. The molecule has 1 aliphatic rings. The minimum absolute atomic E-state index is 0.169. The van der Waals surface area contributed by atoms with Crippen molar-refractivity contribution < 1.29 is 17.9 Å². The van der Waals surface area contributed by atoms with Crippen LogP contribution in [0.3, 0.4) is 0 Å². The van der Waals surface area contributed by atoms with Gasteiger partial charge in [0.2, 0.25) is 10.0 Å². The van der Waals surface area contributed by atoms with E-state index in [-0.39, 0.29) is 17.0 Å². The van der Waals surface area contributed by atoms with Gasteiger partial charge in [-0.2, -0.15) is 0 Å². The number of hydrogen-bond acceptors (Lipinski definition) is 4. The maximum absolute atomic E-state index is 12.5. The van der Waals surface area contributed by atoms with Crippen LogP contribution in [0.5, 0.6) is 5.75 Å². The molecule has 3 rings (SSSR count). The Bertz CT molecular complexity index is 862. The molecule has 1 heterocycles. The quantitative estimate of drug-likeness (QED) is 0.823. The molecule has 8 heteroatoms. The van der Waals surface area contributed by atoms with Crippen LogP contribution in [-0.4, -0.2) is 45.6 Å². The molecular weight excluding hydrogens is 366 g/mol. The van der Waals surface area contributed by atoms with Gasteiger partial charge in [-0.25, -0.2) is 17.9 Å². The summed E-state index contributed by atoms with van der Waals surface area (Å²) in [4.78, 5) is 14.2. The van der Waals surface area contributed by atoms with Gasteiger partial charge in [0, 0.05) is 24.8 Å². The van der Waals surface area contributed by atoms with Gasteiger partial charge in [0.15, 0.2) is 0 Å². The zero-order valence-corrected chi connectivity index (χ0v) is 15.9. The number of carbonyl (C=O) groups excluding carboxylic acids is 1. The standard InChI is InChI=1S/C19H23N3O4S/c1-26-17-7-9-18(10-8-17)27(24,25)21-16-11-13-22(14-12-16)19(23)20-15-5-3-2-4-6-15/h2-10,16,21H,11-14H2,1H3,(H,20,23). The van der Waals surface area contributed by atoms with Gasteiger partial charge in [0.05, 0.1) is 12.0 Å². The highest BCUT2D eigenvalue weighted by Gasteiger charge is 2.26. The zero-order valence-electron chi connectivity index (χ0n) is 15.1.